The Morgan fingerprint density at radius 1 is 1.48 bits per heavy atom. The van der Waals surface area contributed by atoms with E-state index in [4.69, 9.17) is 22.6 Å². The van der Waals surface area contributed by atoms with E-state index in [1.165, 1.54) is 7.05 Å². The van der Waals surface area contributed by atoms with Crippen LogP contribution in [0, 0.1) is 11.3 Å². The molecule has 6 nitrogen and oxygen atoms in total. The van der Waals surface area contributed by atoms with Crippen molar-refractivity contribution in [2.75, 3.05) is 11.9 Å². The lowest BCUT2D eigenvalue weighted by molar-refractivity contribution is -0.137. The molecular formula is C13H9ClF3N5O. The number of rotatable bonds is 2. The highest BCUT2D eigenvalue weighted by atomic mass is 35.5. The Balaban J connectivity index is 2.62. The zero-order valence-electron chi connectivity index (χ0n) is 11.6. The monoisotopic (exact) mass is 343 g/mol. The van der Waals surface area contributed by atoms with E-state index in [0.29, 0.717) is 0 Å². The largest absolute Gasteiger partial charge is 0.416 e. The summed E-state index contributed by atoms with van der Waals surface area (Å²) in [7, 11) is 1.30. The van der Waals surface area contributed by atoms with Gasteiger partial charge < -0.3 is 5.73 Å². The summed E-state index contributed by atoms with van der Waals surface area (Å²) in [4.78, 5) is 12.3. The molecule has 2 N–H and O–H groups in total. The van der Waals surface area contributed by atoms with Crippen molar-refractivity contribution in [3.05, 3.63) is 40.5 Å². The lowest BCUT2D eigenvalue weighted by Crippen LogP contribution is -2.34. The fourth-order valence-electron chi connectivity index (χ4n) is 1.88. The quantitative estimate of drug-likeness (QED) is 0.909. The molecule has 2 rings (SSSR count). The maximum Gasteiger partial charge on any atom is 0.416 e. The van der Waals surface area contributed by atoms with Crippen LogP contribution < -0.4 is 10.6 Å². The van der Waals surface area contributed by atoms with Gasteiger partial charge in [0.1, 0.15) is 11.6 Å². The third-order valence-corrected chi connectivity index (χ3v) is 3.32. The van der Waals surface area contributed by atoms with Crippen molar-refractivity contribution in [3.8, 4) is 11.8 Å². The minimum absolute atomic E-state index is 0.00154. The van der Waals surface area contributed by atoms with Crippen molar-refractivity contribution in [2.45, 2.75) is 6.18 Å². The molecule has 0 aliphatic rings. The molecule has 0 saturated carbocycles. The van der Waals surface area contributed by atoms with Crippen LogP contribution in [-0.2, 0) is 6.18 Å². The van der Waals surface area contributed by atoms with Crippen LogP contribution in [0.2, 0.25) is 5.02 Å². The number of amides is 2. The number of nitrogens with zero attached hydrogens (tertiary/aromatic N) is 4. The van der Waals surface area contributed by atoms with Crippen molar-refractivity contribution in [1.29, 1.82) is 5.26 Å². The number of hydrogen-bond acceptors (Lipinski definition) is 3. The molecule has 10 heteroatoms. The first-order valence-electron chi connectivity index (χ1n) is 6.05. The van der Waals surface area contributed by atoms with Crippen LogP contribution in [0.25, 0.3) is 5.69 Å². The van der Waals surface area contributed by atoms with Gasteiger partial charge >= 0.3 is 12.2 Å². The summed E-state index contributed by atoms with van der Waals surface area (Å²) in [6.45, 7) is 0. The minimum atomic E-state index is -4.54. The predicted octanol–water partition coefficient (Wildman–Crippen LogP) is 2.93. The van der Waals surface area contributed by atoms with Gasteiger partial charge in [0.05, 0.1) is 22.5 Å². The van der Waals surface area contributed by atoms with Gasteiger partial charge in [0.2, 0.25) is 0 Å². The molecule has 0 atom stereocenters. The van der Waals surface area contributed by atoms with Crippen LogP contribution >= 0.6 is 11.6 Å². The van der Waals surface area contributed by atoms with E-state index in [0.717, 1.165) is 34.0 Å². The zero-order chi connectivity index (χ0) is 17.4. The number of alkyl halides is 3. The molecule has 1 heterocycles. The first-order valence-corrected chi connectivity index (χ1v) is 6.43. The summed E-state index contributed by atoms with van der Waals surface area (Å²) in [5.74, 6) is 0.00154. The topological polar surface area (TPSA) is 87.9 Å². The average Bonchev–Trinajstić information content (AvgIpc) is 2.88. The second-order valence-electron chi connectivity index (χ2n) is 4.47. The molecule has 2 aromatic rings. The van der Waals surface area contributed by atoms with Gasteiger partial charge in [-0.05, 0) is 18.2 Å². The Morgan fingerprint density at radius 2 is 2.13 bits per heavy atom. The third kappa shape index (κ3) is 3.07. The lowest BCUT2D eigenvalue weighted by atomic mass is 10.2. The summed E-state index contributed by atoms with van der Waals surface area (Å²) in [5.41, 5.74) is 4.33. The highest BCUT2D eigenvalue weighted by Gasteiger charge is 2.31. The molecule has 0 bridgehead atoms. The number of benzene rings is 1. The number of nitriles is 1. The van der Waals surface area contributed by atoms with E-state index in [1.54, 1.807) is 0 Å². The SMILES string of the molecule is CN(C(N)=O)c1c(C#N)cnn1-c1ccc(C(F)(F)F)cc1Cl. The van der Waals surface area contributed by atoms with Crippen LogP contribution in [-0.4, -0.2) is 22.9 Å². The fraction of sp³-hybridized carbons (Fsp3) is 0.154. The Labute approximate surface area is 133 Å². The van der Waals surface area contributed by atoms with E-state index in [-0.39, 0.29) is 22.1 Å². The molecule has 120 valence electrons. The summed E-state index contributed by atoms with van der Waals surface area (Å²) in [6.07, 6.45) is -3.39. The second kappa shape index (κ2) is 5.81. The Morgan fingerprint density at radius 3 is 2.61 bits per heavy atom. The van der Waals surface area contributed by atoms with E-state index >= 15 is 0 Å². The molecule has 0 aliphatic heterocycles. The van der Waals surface area contributed by atoms with Crippen LogP contribution in [0.5, 0.6) is 0 Å². The van der Waals surface area contributed by atoms with Crippen molar-refractivity contribution < 1.29 is 18.0 Å². The van der Waals surface area contributed by atoms with Gasteiger partial charge in [-0.2, -0.15) is 23.5 Å². The van der Waals surface area contributed by atoms with Gasteiger partial charge in [0, 0.05) is 7.05 Å². The average molecular weight is 344 g/mol. The molecule has 2 amide bonds. The van der Waals surface area contributed by atoms with Crippen LogP contribution in [0.4, 0.5) is 23.8 Å². The fourth-order valence-corrected chi connectivity index (χ4v) is 2.14. The Hall–Kier alpha value is -2.73. The van der Waals surface area contributed by atoms with Gasteiger partial charge in [-0.25, -0.2) is 9.48 Å². The maximum absolute atomic E-state index is 12.7. The molecule has 0 aliphatic carbocycles. The third-order valence-electron chi connectivity index (χ3n) is 3.02. The first kappa shape index (κ1) is 16.6. The second-order valence-corrected chi connectivity index (χ2v) is 4.87. The summed E-state index contributed by atoms with van der Waals surface area (Å²) < 4.78 is 39.1. The van der Waals surface area contributed by atoms with Gasteiger partial charge in [0.15, 0.2) is 5.82 Å². The van der Waals surface area contributed by atoms with Gasteiger partial charge in [0.25, 0.3) is 0 Å². The number of carbonyl (C=O) groups is 1. The normalized spacial score (nSPS) is 11.1. The zero-order valence-corrected chi connectivity index (χ0v) is 12.4. The van der Waals surface area contributed by atoms with Crippen LogP contribution in [0.15, 0.2) is 24.4 Å². The summed E-state index contributed by atoms with van der Waals surface area (Å²) in [5, 5.41) is 12.7. The minimum Gasteiger partial charge on any atom is -0.351 e. The number of hydrogen-bond donors (Lipinski definition) is 1. The number of carbonyl (C=O) groups excluding carboxylic acids is 1. The highest BCUT2D eigenvalue weighted by Crippen LogP contribution is 2.34. The number of primary amides is 1. The number of nitrogens with two attached hydrogens (primary N) is 1. The number of anilines is 1. The molecule has 0 fully saturated rings. The van der Waals surface area contributed by atoms with Crippen molar-refractivity contribution in [1.82, 2.24) is 9.78 Å². The van der Waals surface area contributed by atoms with Crippen LogP contribution in [0.1, 0.15) is 11.1 Å². The number of urea groups is 1. The first-order chi connectivity index (χ1) is 10.7. The van der Waals surface area contributed by atoms with Crippen LogP contribution in [0.3, 0.4) is 0 Å². The number of halogens is 4. The molecule has 1 aromatic heterocycles. The summed E-state index contributed by atoms with van der Waals surface area (Å²) in [6, 6.07) is 3.60. The number of aromatic nitrogens is 2. The van der Waals surface area contributed by atoms with E-state index in [2.05, 4.69) is 5.10 Å². The van der Waals surface area contributed by atoms with Gasteiger partial charge in [-0.15, -0.1) is 0 Å². The maximum atomic E-state index is 12.7. The predicted molar refractivity (Wildman–Crippen MR) is 76.3 cm³/mol. The summed E-state index contributed by atoms with van der Waals surface area (Å²) >= 11 is 5.90. The van der Waals surface area contributed by atoms with E-state index in [9.17, 15) is 18.0 Å². The van der Waals surface area contributed by atoms with Crippen molar-refractivity contribution in [2.24, 2.45) is 5.73 Å². The standard InChI is InChI=1S/C13H9ClF3N5O/c1-21(12(19)23)11-7(5-18)6-20-22(11)10-3-2-8(4-9(10)14)13(15,16)17/h2-4,6H,1H3,(H2,19,23). The highest BCUT2D eigenvalue weighted by molar-refractivity contribution is 6.32. The Kier molecular flexibility index (Phi) is 4.20. The molecule has 0 unspecified atom stereocenters. The van der Waals surface area contributed by atoms with Gasteiger partial charge in [-0.3, -0.25) is 4.90 Å². The lowest BCUT2D eigenvalue weighted by Gasteiger charge is -2.18. The molecule has 0 radical (unpaired) electrons. The molecule has 1 aromatic carbocycles. The Bertz CT molecular complexity index is 809. The van der Waals surface area contributed by atoms with Crippen molar-refractivity contribution in [3.63, 3.8) is 0 Å². The smallest absolute Gasteiger partial charge is 0.351 e. The molecule has 0 saturated heterocycles. The van der Waals surface area contributed by atoms with Gasteiger partial charge in [-0.1, -0.05) is 11.6 Å². The molecule has 23 heavy (non-hydrogen) atoms. The van der Waals surface area contributed by atoms with E-state index in [1.807, 2.05) is 6.07 Å². The van der Waals surface area contributed by atoms with E-state index < -0.39 is 17.8 Å². The molecule has 0 spiro atoms. The molecular weight excluding hydrogens is 335 g/mol. The van der Waals surface area contributed by atoms with Crippen molar-refractivity contribution >= 4 is 23.4 Å².